The number of rotatable bonds is 4. The Bertz CT molecular complexity index is 1070. The van der Waals surface area contributed by atoms with E-state index in [1.807, 2.05) is 94.0 Å². The zero-order chi connectivity index (χ0) is 22.4. The van der Waals surface area contributed by atoms with Crippen LogP contribution in [0.1, 0.15) is 46.2 Å². The molecule has 2 heterocycles. The van der Waals surface area contributed by atoms with Crippen molar-refractivity contribution in [1.29, 1.82) is 0 Å². The van der Waals surface area contributed by atoms with Crippen molar-refractivity contribution in [2.75, 3.05) is 12.4 Å². The van der Waals surface area contributed by atoms with Gasteiger partial charge in [-0.05, 0) is 64.1 Å². The normalized spacial score (nSPS) is 19.2. The number of ether oxygens (including phenoxy) is 1. The van der Waals surface area contributed by atoms with Crippen LogP contribution in [-0.2, 0) is 10.3 Å². The first-order valence-electron chi connectivity index (χ1n) is 10.6. The van der Waals surface area contributed by atoms with E-state index < -0.39 is 16.8 Å². The Hall–Kier alpha value is -2.34. The van der Waals surface area contributed by atoms with Gasteiger partial charge >= 0.3 is 0 Å². The molecule has 3 aromatic rings. The van der Waals surface area contributed by atoms with Gasteiger partial charge in [0.1, 0.15) is 11.4 Å². The Balaban J connectivity index is 1.90. The maximum Gasteiger partial charge on any atom is 0.147 e. The molecule has 1 fully saturated rings. The van der Waals surface area contributed by atoms with Gasteiger partial charge in [-0.2, -0.15) is 0 Å². The lowest BCUT2D eigenvalue weighted by atomic mass is 9.76. The molecule has 1 aliphatic heterocycles. The molecular formula is C25H30ClN3O2. The number of hydrogen-bond acceptors (Lipinski definition) is 4. The molecule has 164 valence electrons. The molecule has 0 bridgehead atoms. The van der Waals surface area contributed by atoms with Gasteiger partial charge < -0.3 is 15.2 Å². The number of imidazole rings is 1. The van der Waals surface area contributed by atoms with Crippen molar-refractivity contribution in [2.24, 2.45) is 0 Å². The zero-order valence-electron chi connectivity index (χ0n) is 18.7. The van der Waals surface area contributed by atoms with Crippen LogP contribution in [0.2, 0.25) is 5.02 Å². The summed E-state index contributed by atoms with van der Waals surface area (Å²) < 4.78 is 8.24. The van der Waals surface area contributed by atoms with Gasteiger partial charge in [0.2, 0.25) is 0 Å². The Morgan fingerprint density at radius 1 is 1.00 bits per heavy atom. The van der Waals surface area contributed by atoms with Crippen LogP contribution in [0, 0.1) is 0 Å². The molecule has 0 saturated carbocycles. The van der Waals surface area contributed by atoms with Crippen LogP contribution in [0.15, 0.2) is 54.7 Å². The van der Waals surface area contributed by atoms with Crippen LogP contribution in [0.25, 0.3) is 17.1 Å². The molecule has 1 aliphatic rings. The zero-order valence-corrected chi connectivity index (χ0v) is 19.5. The monoisotopic (exact) mass is 439 g/mol. The van der Waals surface area contributed by atoms with E-state index in [1.54, 1.807) is 0 Å². The third kappa shape index (κ3) is 4.36. The maximum absolute atomic E-state index is 11.8. The predicted octanol–water partition coefficient (Wildman–Crippen LogP) is 5.79. The first kappa shape index (κ1) is 21.9. The van der Waals surface area contributed by atoms with Crippen LogP contribution in [0.5, 0.6) is 0 Å². The topological polar surface area (TPSA) is 59.3 Å². The lowest BCUT2D eigenvalue weighted by molar-refractivity contribution is -0.224. The number of nitrogens with zero attached hydrogens (tertiary/aromatic N) is 2. The highest BCUT2D eigenvalue weighted by molar-refractivity contribution is 6.30. The molecule has 0 atom stereocenters. The van der Waals surface area contributed by atoms with E-state index in [9.17, 15) is 5.11 Å². The number of halogens is 1. The average Bonchev–Trinajstić information content (AvgIpc) is 3.12. The summed E-state index contributed by atoms with van der Waals surface area (Å²) in [6, 6.07) is 15.7. The van der Waals surface area contributed by atoms with Crippen molar-refractivity contribution in [3.05, 3.63) is 65.4 Å². The maximum atomic E-state index is 11.8. The Labute approximate surface area is 189 Å². The minimum absolute atomic E-state index is 0.466. The van der Waals surface area contributed by atoms with Gasteiger partial charge in [-0.1, -0.05) is 23.7 Å². The number of aliphatic hydroxyl groups is 1. The summed E-state index contributed by atoms with van der Waals surface area (Å²) in [5, 5.41) is 15.7. The number of anilines is 1. The Kier molecular flexibility index (Phi) is 5.41. The number of hydrogen-bond donors (Lipinski definition) is 2. The minimum Gasteiger partial charge on any atom is -0.388 e. The first-order chi connectivity index (χ1) is 14.5. The second-order valence-electron chi connectivity index (χ2n) is 9.60. The number of nitrogens with one attached hydrogen (secondary N) is 1. The first-order valence-corrected chi connectivity index (χ1v) is 11.0. The second-order valence-corrected chi connectivity index (χ2v) is 10.0. The molecule has 2 aromatic carbocycles. The van der Waals surface area contributed by atoms with Crippen molar-refractivity contribution in [2.45, 2.75) is 57.3 Å². The van der Waals surface area contributed by atoms with Crippen molar-refractivity contribution in [3.8, 4) is 17.1 Å². The summed E-state index contributed by atoms with van der Waals surface area (Å²) in [5.74, 6) is 0.762. The molecule has 5 nitrogen and oxygen atoms in total. The van der Waals surface area contributed by atoms with Gasteiger partial charge in [0.15, 0.2) is 0 Å². The highest BCUT2D eigenvalue weighted by Gasteiger charge is 2.49. The van der Waals surface area contributed by atoms with Gasteiger partial charge in [-0.3, -0.25) is 4.57 Å². The fourth-order valence-electron chi connectivity index (χ4n) is 4.96. The van der Waals surface area contributed by atoms with Crippen LogP contribution in [-0.4, -0.2) is 32.9 Å². The molecule has 31 heavy (non-hydrogen) atoms. The molecule has 0 aliphatic carbocycles. The Morgan fingerprint density at radius 2 is 1.61 bits per heavy atom. The average molecular weight is 440 g/mol. The Morgan fingerprint density at radius 3 is 2.23 bits per heavy atom. The van der Waals surface area contributed by atoms with E-state index >= 15 is 0 Å². The fraction of sp³-hybridized carbons (Fsp3) is 0.400. The summed E-state index contributed by atoms with van der Waals surface area (Å²) in [7, 11) is 1.90. The standard InChI is InChI=1S/C25H30ClN3O2/c1-23(2)15-25(30,16-24(3,4)31-23)21-14-29(18-12-10-17(26)11-13-18)22(28-21)19-8-6-7-9-20(19)27-5/h6-14,27,30H,15-16H2,1-5H3. The van der Waals surface area contributed by atoms with Crippen LogP contribution < -0.4 is 5.32 Å². The fourth-order valence-corrected chi connectivity index (χ4v) is 5.09. The van der Waals surface area contributed by atoms with E-state index in [0.29, 0.717) is 23.6 Å². The van der Waals surface area contributed by atoms with Crippen molar-refractivity contribution < 1.29 is 9.84 Å². The molecule has 1 saturated heterocycles. The molecule has 1 aromatic heterocycles. The number of benzene rings is 2. The minimum atomic E-state index is -1.10. The molecule has 4 rings (SSSR count). The summed E-state index contributed by atoms with van der Waals surface area (Å²) in [4.78, 5) is 5.00. The van der Waals surface area contributed by atoms with Crippen LogP contribution in [0.3, 0.4) is 0 Å². The molecule has 0 amide bonds. The highest BCUT2D eigenvalue weighted by Crippen LogP contribution is 2.46. The molecule has 6 heteroatoms. The summed E-state index contributed by atoms with van der Waals surface area (Å²) in [6.07, 6.45) is 2.88. The summed E-state index contributed by atoms with van der Waals surface area (Å²) in [6.45, 7) is 8.08. The predicted molar refractivity (Wildman–Crippen MR) is 126 cm³/mol. The van der Waals surface area contributed by atoms with E-state index in [-0.39, 0.29) is 0 Å². The third-order valence-corrected chi connectivity index (χ3v) is 5.97. The largest absolute Gasteiger partial charge is 0.388 e. The van der Waals surface area contributed by atoms with Crippen molar-refractivity contribution >= 4 is 17.3 Å². The third-order valence-electron chi connectivity index (χ3n) is 5.71. The molecule has 0 radical (unpaired) electrons. The number of aromatic nitrogens is 2. The highest BCUT2D eigenvalue weighted by atomic mass is 35.5. The lowest BCUT2D eigenvalue weighted by Crippen LogP contribution is -2.52. The molecule has 2 N–H and O–H groups in total. The smallest absolute Gasteiger partial charge is 0.147 e. The van der Waals surface area contributed by atoms with Crippen molar-refractivity contribution in [3.63, 3.8) is 0 Å². The van der Waals surface area contributed by atoms with Crippen LogP contribution >= 0.6 is 11.6 Å². The van der Waals surface area contributed by atoms with E-state index in [1.165, 1.54) is 0 Å². The van der Waals surface area contributed by atoms with Crippen LogP contribution in [0.4, 0.5) is 5.69 Å². The quantitative estimate of drug-likeness (QED) is 0.540. The van der Waals surface area contributed by atoms with Gasteiger partial charge in [0.25, 0.3) is 0 Å². The second kappa shape index (κ2) is 7.66. The molecule has 0 unspecified atom stereocenters. The van der Waals surface area contributed by atoms with E-state index in [4.69, 9.17) is 21.3 Å². The lowest BCUT2D eigenvalue weighted by Gasteiger charge is -2.49. The van der Waals surface area contributed by atoms with Gasteiger partial charge in [-0.15, -0.1) is 0 Å². The van der Waals surface area contributed by atoms with E-state index in [0.717, 1.165) is 22.8 Å². The summed E-state index contributed by atoms with van der Waals surface area (Å²) in [5.41, 5.74) is 1.46. The van der Waals surface area contributed by atoms with Gasteiger partial charge in [0, 0.05) is 48.0 Å². The summed E-state index contributed by atoms with van der Waals surface area (Å²) >= 11 is 6.13. The van der Waals surface area contributed by atoms with Gasteiger partial charge in [0.05, 0.1) is 16.9 Å². The number of para-hydroxylation sites is 1. The van der Waals surface area contributed by atoms with Crippen molar-refractivity contribution in [1.82, 2.24) is 9.55 Å². The van der Waals surface area contributed by atoms with Gasteiger partial charge in [-0.25, -0.2) is 4.98 Å². The van der Waals surface area contributed by atoms with E-state index in [2.05, 4.69) is 5.32 Å². The SMILES string of the molecule is CNc1ccccc1-c1nc(C2(O)CC(C)(C)OC(C)(C)C2)cn1-c1ccc(Cl)cc1. The molecule has 0 spiro atoms. The molecular weight excluding hydrogens is 410 g/mol.